The van der Waals surface area contributed by atoms with Crippen LogP contribution in [0.1, 0.15) is 50.3 Å². The number of allylic oxidation sites excluding steroid dienone is 1. The molecule has 1 saturated carbocycles. The first-order valence-electron chi connectivity index (χ1n) is 9.68. The summed E-state index contributed by atoms with van der Waals surface area (Å²) in [4.78, 5) is 20.9. The van der Waals surface area contributed by atoms with E-state index in [9.17, 15) is 10.1 Å². The van der Waals surface area contributed by atoms with Crippen molar-refractivity contribution in [2.24, 2.45) is 5.92 Å². The first-order chi connectivity index (χ1) is 13.0. The van der Waals surface area contributed by atoms with Gasteiger partial charge in [0.1, 0.15) is 6.23 Å². The van der Waals surface area contributed by atoms with E-state index in [1.807, 2.05) is 6.92 Å². The average molecular weight is 413 g/mol. The van der Waals surface area contributed by atoms with Crippen LogP contribution in [0.4, 0.5) is 0 Å². The second-order valence-corrected chi connectivity index (χ2v) is 9.35. The fourth-order valence-electron chi connectivity index (χ4n) is 4.49. The highest BCUT2D eigenvalue weighted by atomic mass is 35.5. The van der Waals surface area contributed by atoms with Gasteiger partial charge >= 0.3 is 0 Å². The van der Waals surface area contributed by atoms with Gasteiger partial charge in [0.2, 0.25) is 0 Å². The van der Waals surface area contributed by atoms with Crippen molar-refractivity contribution in [3.8, 4) is 0 Å². The number of hydrogen-bond acceptors (Lipinski definition) is 7. The van der Waals surface area contributed by atoms with Crippen molar-refractivity contribution < 1.29 is 9.66 Å². The lowest BCUT2D eigenvalue weighted by atomic mass is 9.96. The fourth-order valence-corrected chi connectivity index (χ4v) is 5.48. The third kappa shape index (κ3) is 3.93. The number of nitro groups is 1. The van der Waals surface area contributed by atoms with Crippen molar-refractivity contribution in [1.82, 2.24) is 14.8 Å². The maximum absolute atomic E-state index is 11.8. The van der Waals surface area contributed by atoms with Crippen LogP contribution in [0.3, 0.4) is 0 Å². The lowest BCUT2D eigenvalue weighted by Gasteiger charge is -2.39. The molecule has 148 valence electrons. The zero-order chi connectivity index (χ0) is 19.0. The van der Waals surface area contributed by atoms with Crippen LogP contribution in [0.15, 0.2) is 17.7 Å². The first-order valence-corrected chi connectivity index (χ1v) is 10.9. The molecule has 7 nitrogen and oxygen atoms in total. The topological polar surface area (TPSA) is 71.7 Å². The summed E-state index contributed by atoms with van der Waals surface area (Å²) in [5, 5.41) is 11.8. The van der Waals surface area contributed by atoms with Crippen LogP contribution in [0.25, 0.3) is 0 Å². The molecule has 3 heterocycles. The van der Waals surface area contributed by atoms with Gasteiger partial charge in [0, 0.05) is 30.6 Å². The Labute approximate surface area is 168 Å². The molecule has 0 aromatic carbocycles. The minimum absolute atomic E-state index is 0.0724. The van der Waals surface area contributed by atoms with Crippen molar-refractivity contribution in [3.63, 3.8) is 0 Å². The van der Waals surface area contributed by atoms with Crippen LogP contribution >= 0.6 is 22.9 Å². The molecule has 0 amide bonds. The molecule has 0 spiro atoms. The second-order valence-electron chi connectivity index (χ2n) is 7.65. The minimum Gasteiger partial charge on any atom is -0.355 e. The number of ether oxygens (including phenoxy) is 1. The molecular formula is C18H25ClN4O3S. The highest BCUT2D eigenvalue weighted by Crippen LogP contribution is 2.39. The molecule has 2 unspecified atom stereocenters. The van der Waals surface area contributed by atoms with Crippen LogP contribution in [-0.4, -0.2) is 45.1 Å². The third-order valence-electron chi connectivity index (χ3n) is 5.75. The Morgan fingerprint density at radius 3 is 2.81 bits per heavy atom. The summed E-state index contributed by atoms with van der Waals surface area (Å²) < 4.78 is 6.96. The van der Waals surface area contributed by atoms with Crippen LogP contribution < -0.4 is 0 Å². The van der Waals surface area contributed by atoms with Gasteiger partial charge in [-0.15, -0.1) is 11.3 Å². The van der Waals surface area contributed by atoms with E-state index in [-0.39, 0.29) is 23.2 Å². The number of hydrogen-bond donors (Lipinski definition) is 0. The van der Waals surface area contributed by atoms with Crippen molar-refractivity contribution in [1.29, 1.82) is 0 Å². The Bertz CT molecular complexity index is 734. The Hall–Kier alpha value is -1.38. The molecule has 0 bridgehead atoms. The van der Waals surface area contributed by atoms with E-state index in [1.165, 1.54) is 30.6 Å². The van der Waals surface area contributed by atoms with E-state index in [4.69, 9.17) is 16.3 Å². The van der Waals surface area contributed by atoms with Crippen molar-refractivity contribution in [2.45, 2.75) is 64.3 Å². The molecule has 2 atom stereocenters. The SMILES string of the molecule is CC1CC(OC2CCCCC2)N2CCN(Cc3cnc(Cl)s3)C2=C1[N+](=O)[O-]. The van der Waals surface area contributed by atoms with Crippen LogP contribution in [-0.2, 0) is 11.3 Å². The molecule has 1 aromatic rings. The van der Waals surface area contributed by atoms with E-state index in [2.05, 4.69) is 14.8 Å². The normalized spacial score (nSPS) is 26.6. The zero-order valence-electron chi connectivity index (χ0n) is 15.5. The van der Waals surface area contributed by atoms with Crippen LogP contribution in [0, 0.1) is 16.0 Å². The summed E-state index contributed by atoms with van der Waals surface area (Å²) in [5.41, 5.74) is 0.312. The maximum atomic E-state index is 11.8. The Kier molecular flexibility index (Phi) is 5.57. The fraction of sp³-hybridized carbons (Fsp3) is 0.722. The van der Waals surface area contributed by atoms with Crippen molar-refractivity contribution in [3.05, 3.63) is 37.2 Å². The lowest BCUT2D eigenvalue weighted by Crippen LogP contribution is -2.45. The highest BCUT2D eigenvalue weighted by molar-refractivity contribution is 7.15. The largest absolute Gasteiger partial charge is 0.355 e. The van der Waals surface area contributed by atoms with Gasteiger partial charge < -0.3 is 14.5 Å². The van der Waals surface area contributed by atoms with Gasteiger partial charge in [-0.25, -0.2) is 4.98 Å². The van der Waals surface area contributed by atoms with Gasteiger partial charge in [-0.3, -0.25) is 10.1 Å². The molecule has 4 rings (SSSR count). The van der Waals surface area contributed by atoms with Gasteiger partial charge in [0.15, 0.2) is 10.3 Å². The highest BCUT2D eigenvalue weighted by Gasteiger charge is 2.46. The molecule has 1 saturated heterocycles. The van der Waals surface area contributed by atoms with E-state index in [0.717, 1.165) is 36.6 Å². The average Bonchev–Trinajstić information content (AvgIpc) is 3.23. The summed E-state index contributed by atoms with van der Waals surface area (Å²) in [6.07, 6.45) is 8.56. The van der Waals surface area contributed by atoms with Gasteiger partial charge in [0.25, 0.3) is 5.70 Å². The molecule has 3 aliphatic rings. The van der Waals surface area contributed by atoms with Crippen LogP contribution in [0.2, 0.25) is 4.47 Å². The molecule has 27 heavy (non-hydrogen) atoms. The molecular weight excluding hydrogens is 388 g/mol. The van der Waals surface area contributed by atoms with Gasteiger partial charge in [-0.1, -0.05) is 37.8 Å². The zero-order valence-corrected chi connectivity index (χ0v) is 17.0. The molecule has 0 N–H and O–H groups in total. The first kappa shape index (κ1) is 19.0. The monoisotopic (exact) mass is 412 g/mol. The lowest BCUT2D eigenvalue weighted by molar-refractivity contribution is -0.440. The molecule has 1 aromatic heterocycles. The number of nitrogens with zero attached hydrogens (tertiary/aromatic N) is 4. The van der Waals surface area contributed by atoms with Crippen molar-refractivity contribution >= 4 is 22.9 Å². The number of halogens is 1. The number of aromatic nitrogens is 1. The third-order valence-corrected chi connectivity index (χ3v) is 6.85. The Balaban J connectivity index is 1.58. The van der Waals surface area contributed by atoms with Gasteiger partial charge in [-0.2, -0.15) is 0 Å². The smallest absolute Gasteiger partial charge is 0.289 e. The molecule has 0 radical (unpaired) electrons. The van der Waals surface area contributed by atoms with E-state index in [0.29, 0.717) is 23.1 Å². The summed E-state index contributed by atoms with van der Waals surface area (Å²) in [6.45, 7) is 4.04. The van der Waals surface area contributed by atoms with Crippen molar-refractivity contribution in [2.75, 3.05) is 13.1 Å². The number of fused-ring (bicyclic) bond motifs is 1. The van der Waals surface area contributed by atoms with Gasteiger partial charge in [-0.05, 0) is 12.8 Å². The molecule has 9 heteroatoms. The standard InChI is InChI=1S/C18H25ClN4O3S/c1-12-9-15(26-13-5-3-2-4-6-13)22-8-7-21(17(22)16(12)23(24)25)11-14-10-20-18(19)27-14/h10,12-13,15H,2-9,11H2,1H3. The Morgan fingerprint density at radius 1 is 1.37 bits per heavy atom. The quantitative estimate of drug-likeness (QED) is 0.536. The maximum Gasteiger partial charge on any atom is 0.289 e. The number of rotatable bonds is 5. The second kappa shape index (κ2) is 7.93. The van der Waals surface area contributed by atoms with E-state index >= 15 is 0 Å². The number of thiazole rings is 1. The van der Waals surface area contributed by atoms with E-state index in [1.54, 1.807) is 6.20 Å². The Morgan fingerprint density at radius 2 is 2.15 bits per heavy atom. The molecule has 2 fully saturated rings. The summed E-state index contributed by atoms with van der Waals surface area (Å²) >= 11 is 7.38. The minimum atomic E-state index is -0.207. The predicted molar refractivity (Wildman–Crippen MR) is 104 cm³/mol. The van der Waals surface area contributed by atoms with Crippen LogP contribution in [0.5, 0.6) is 0 Å². The predicted octanol–water partition coefficient (Wildman–Crippen LogP) is 4.08. The van der Waals surface area contributed by atoms with Gasteiger partial charge in [0.05, 0.1) is 23.5 Å². The summed E-state index contributed by atoms with van der Waals surface area (Å²) in [6, 6.07) is 0. The van der Waals surface area contributed by atoms with E-state index < -0.39 is 0 Å². The summed E-state index contributed by atoms with van der Waals surface area (Å²) in [5.74, 6) is 0.592. The summed E-state index contributed by atoms with van der Waals surface area (Å²) in [7, 11) is 0. The molecule has 2 aliphatic heterocycles. The molecule has 1 aliphatic carbocycles.